The largest absolute Gasteiger partial charge is 0.349 e. The van der Waals surface area contributed by atoms with Gasteiger partial charge in [-0.25, -0.2) is 8.42 Å². The molecule has 5 nitrogen and oxygen atoms in total. The van der Waals surface area contributed by atoms with Gasteiger partial charge in [-0.2, -0.15) is 8.78 Å². The summed E-state index contributed by atoms with van der Waals surface area (Å²) in [6.07, 6.45) is 2.11. The summed E-state index contributed by atoms with van der Waals surface area (Å²) in [5.74, 6) is -3.30. The molecule has 2 rings (SSSR count). The van der Waals surface area contributed by atoms with E-state index in [1.807, 2.05) is 6.92 Å². The molecule has 0 aliphatic heterocycles. The van der Waals surface area contributed by atoms with Crippen LogP contribution in [-0.2, 0) is 21.1 Å². The highest BCUT2D eigenvalue weighted by atomic mass is 32.2. The molecular formula is C15H20F2N2O3S. The molecule has 23 heavy (non-hydrogen) atoms. The second-order valence-corrected chi connectivity index (χ2v) is 7.99. The second kappa shape index (κ2) is 6.52. The van der Waals surface area contributed by atoms with Crippen molar-refractivity contribution in [3.63, 3.8) is 0 Å². The van der Waals surface area contributed by atoms with Gasteiger partial charge in [-0.05, 0) is 43.4 Å². The van der Waals surface area contributed by atoms with Gasteiger partial charge >= 0.3 is 5.76 Å². The van der Waals surface area contributed by atoms with Gasteiger partial charge in [0.15, 0.2) is 0 Å². The van der Waals surface area contributed by atoms with E-state index in [-0.39, 0.29) is 12.3 Å². The fourth-order valence-electron chi connectivity index (χ4n) is 2.49. The number of sulfone groups is 1. The van der Waals surface area contributed by atoms with E-state index in [1.165, 1.54) is 12.1 Å². The van der Waals surface area contributed by atoms with E-state index >= 15 is 0 Å². The van der Waals surface area contributed by atoms with E-state index in [4.69, 9.17) is 5.73 Å². The smallest absolute Gasteiger partial charge is 0.341 e. The molecule has 1 saturated carbocycles. The lowest BCUT2D eigenvalue weighted by atomic mass is 9.95. The zero-order valence-electron chi connectivity index (χ0n) is 12.8. The van der Waals surface area contributed by atoms with Crippen LogP contribution in [0.25, 0.3) is 0 Å². The number of amides is 1. The average Bonchev–Trinajstić information content (AvgIpc) is 3.32. The first-order chi connectivity index (χ1) is 10.7. The van der Waals surface area contributed by atoms with E-state index in [1.54, 1.807) is 0 Å². The van der Waals surface area contributed by atoms with Crippen molar-refractivity contribution >= 4 is 15.7 Å². The maximum atomic E-state index is 12.5. The normalized spacial score (nSPS) is 17.8. The molecule has 1 aromatic carbocycles. The van der Waals surface area contributed by atoms with Crippen LogP contribution in [0.15, 0.2) is 29.2 Å². The van der Waals surface area contributed by atoms with E-state index in [0.717, 1.165) is 25.0 Å². The van der Waals surface area contributed by atoms with Crippen molar-refractivity contribution in [2.24, 2.45) is 11.7 Å². The van der Waals surface area contributed by atoms with Crippen LogP contribution < -0.4 is 11.1 Å². The Bertz CT molecular complexity index is 672. The third-order valence-corrected chi connectivity index (χ3v) is 5.58. The molecule has 1 unspecified atom stereocenters. The number of rotatable bonds is 7. The predicted molar refractivity (Wildman–Crippen MR) is 81.7 cm³/mol. The van der Waals surface area contributed by atoms with Crippen LogP contribution in [0.3, 0.4) is 0 Å². The van der Waals surface area contributed by atoms with Crippen molar-refractivity contribution in [1.29, 1.82) is 0 Å². The summed E-state index contributed by atoms with van der Waals surface area (Å²) in [6.45, 7) is 2.25. The Morgan fingerprint density at radius 2 is 1.91 bits per heavy atom. The Balaban J connectivity index is 2.02. The number of nitrogens with two attached hydrogens (primary N) is 1. The summed E-state index contributed by atoms with van der Waals surface area (Å²) in [4.78, 5) is 11.6. The van der Waals surface area contributed by atoms with Gasteiger partial charge in [-0.1, -0.05) is 12.1 Å². The van der Waals surface area contributed by atoms with Gasteiger partial charge in [0.1, 0.15) is 0 Å². The van der Waals surface area contributed by atoms with Crippen LogP contribution in [0.4, 0.5) is 8.78 Å². The molecule has 0 spiro atoms. The Hall–Kier alpha value is -1.54. The minimum absolute atomic E-state index is 0.0390. The highest BCUT2D eigenvalue weighted by Crippen LogP contribution is 2.39. The van der Waals surface area contributed by atoms with Gasteiger partial charge < -0.3 is 11.1 Å². The summed E-state index contributed by atoms with van der Waals surface area (Å²) in [5.41, 5.74) is 5.85. The average molecular weight is 346 g/mol. The van der Waals surface area contributed by atoms with E-state index in [2.05, 4.69) is 5.32 Å². The van der Waals surface area contributed by atoms with Crippen molar-refractivity contribution in [2.45, 2.75) is 42.4 Å². The highest BCUT2D eigenvalue weighted by Gasteiger charge is 2.41. The minimum Gasteiger partial charge on any atom is -0.349 e. The summed E-state index contributed by atoms with van der Waals surface area (Å²) in [5, 5.41) is 2.91. The molecule has 1 aromatic rings. The van der Waals surface area contributed by atoms with Crippen LogP contribution in [0.2, 0.25) is 0 Å². The minimum atomic E-state index is -4.61. The topological polar surface area (TPSA) is 89.3 Å². The van der Waals surface area contributed by atoms with Gasteiger partial charge in [0.2, 0.25) is 15.7 Å². The lowest BCUT2D eigenvalue weighted by molar-refractivity contribution is -0.122. The number of alkyl halides is 2. The third-order valence-electron chi connectivity index (χ3n) is 4.18. The first-order valence-corrected chi connectivity index (χ1v) is 8.86. The molecule has 0 radical (unpaired) electrons. The SMILES string of the molecule is CC(CN)(NC(=O)Cc1ccc(S(=O)(=O)C(F)F)cc1)C1CC1. The summed E-state index contributed by atoms with van der Waals surface area (Å²) in [6, 6.07) is 4.91. The lowest BCUT2D eigenvalue weighted by Crippen LogP contribution is -2.53. The van der Waals surface area contributed by atoms with Crippen LogP contribution >= 0.6 is 0 Å². The highest BCUT2D eigenvalue weighted by molar-refractivity contribution is 7.91. The Kier molecular flexibility index (Phi) is 5.05. The van der Waals surface area contributed by atoms with Crippen LogP contribution in [-0.4, -0.2) is 32.2 Å². The number of carbonyl (C=O) groups excluding carboxylic acids is 1. The van der Waals surface area contributed by atoms with Crippen LogP contribution in [0, 0.1) is 5.92 Å². The zero-order valence-corrected chi connectivity index (χ0v) is 13.6. The van der Waals surface area contributed by atoms with Crippen molar-refractivity contribution in [1.82, 2.24) is 5.32 Å². The molecule has 1 aliphatic carbocycles. The summed E-state index contributed by atoms with van der Waals surface area (Å²) < 4.78 is 47.6. The van der Waals surface area contributed by atoms with Crippen molar-refractivity contribution < 1.29 is 22.0 Å². The lowest BCUT2D eigenvalue weighted by Gasteiger charge is -2.29. The quantitative estimate of drug-likeness (QED) is 0.782. The zero-order chi connectivity index (χ0) is 17.3. The standard InChI is InChI=1S/C15H20F2N2O3S/c1-15(9-18,11-4-5-11)19-13(20)8-10-2-6-12(7-3-10)23(21,22)14(16)17/h2-3,6-7,11,14H,4-5,8-9,18H2,1H3,(H,19,20). The van der Waals surface area contributed by atoms with Crippen LogP contribution in [0.5, 0.6) is 0 Å². The van der Waals surface area contributed by atoms with Gasteiger partial charge in [0.25, 0.3) is 0 Å². The number of nitrogens with one attached hydrogen (secondary N) is 1. The molecule has 8 heteroatoms. The van der Waals surface area contributed by atoms with Gasteiger partial charge in [0.05, 0.1) is 16.9 Å². The van der Waals surface area contributed by atoms with Crippen molar-refractivity contribution in [2.75, 3.05) is 6.54 Å². The maximum absolute atomic E-state index is 12.5. The number of benzene rings is 1. The van der Waals surface area contributed by atoms with Gasteiger partial charge in [-0.15, -0.1) is 0 Å². The summed E-state index contributed by atoms with van der Waals surface area (Å²) >= 11 is 0. The Morgan fingerprint density at radius 3 is 2.35 bits per heavy atom. The summed E-state index contributed by atoms with van der Waals surface area (Å²) in [7, 11) is -4.61. The third kappa shape index (κ3) is 4.06. The molecule has 0 saturated heterocycles. The fraction of sp³-hybridized carbons (Fsp3) is 0.533. The molecule has 0 heterocycles. The number of hydrogen-bond donors (Lipinski definition) is 2. The first kappa shape index (κ1) is 17.8. The maximum Gasteiger partial charge on any atom is 0.341 e. The Labute approximate surface area is 134 Å². The van der Waals surface area contributed by atoms with Gasteiger partial charge in [0, 0.05) is 6.54 Å². The molecule has 1 aliphatic rings. The van der Waals surface area contributed by atoms with E-state index < -0.39 is 26.0 Å². The number of hydrogen-bond acceptors (Lipinski definition) is 4. The molecule has 0 bridgehead atoms. The second-order valence-electron chi connectivity index (χ2n) is 6.07. The monoisotopic (exact) mass is 346 g/mol. The molecule has 3 N–H and O–H groups in total. The molecule has 128 valence electrons. The van der Waals surface area contributed by atoms with E-state index in [9.17, 15) is 22.0 Å². The molecule has 1 fully saturated rings. The Morgan fingerprint density at radius 1 is 1.35 bits per heavy atom. The molecule has 0 aromatic heterocycles. The first-order valence-electron chi connectivity index (χ1n) is 7.31. The molecule has 1 amide bonds. The fourth-order valence-corrected chi connectivity index (χ4v) is 3.21. The molecule has 1 atom stereocenters. The van der Waals surface area contributed by atoms with Crippen LogP contribution in [0.1, 0.15) is 25.3 Å². The predicted octanol–water partition coefficient (Wildman–Crippen LogP) is 1.47. The van der Waals surface area contributed by atoms with Gasteiger partial charge in [-0.3, -0.25) is 4.79 Å². The molecular weight excluding hydrogens is 326 g/mol. The van der Waals surface area contributed by atoms with Crippen molar-refractivity contribution in [3.8, 4) is 0 Å². The van der Waals surface area contributed by atoms with E-state index in [0.29, 0.717) is 18.0 Å². The number of carbonyl (C=O) groups is 1. The number of halogens is 2. The van der Waals surface area contributed by atoms with Crippen molar-refractivity contribution in [3.05, 3.63) is 29.8 Å².